The molecular weight excluding hydrogens is 492 g/mol. The summed E-state index contributed by atoms with van der Waals surface area (Å²) in [4.78, 5) is 0. The summed E-state index contributed by atoms with van der Waals surface area (Å²) in [5.74, 6) is 0.339. The predicted octanol–water partition coefficient (Wildman–Crippen LogP) is 8.93. The third-order valence-corrected chi connectivity index (χ3v) is 8.27. The topological polar surface area (TPSA) is 60.7 Å². The first-order chi connectivity index (χ1) is 19.0. The van der Waals surface area contributed by atoms with Gasteiger partial charge in [0.25, 0.3) is 0 Å². The Kier molecular flexibility index (Phi) is 12.7. The van der Waals surface area contributed by atoms with E-state index in [0.717, 1.165) is 55.2 Å². The molecule has 0 radical (unpaired) electrons. The predicted molar refractivity (Wildman–Crippen MR) is 171 cm³/mol. The van der Waals surface area contributed by atoms with Gasteiger partial charge in [0.2, 0.25) is 0 Å². The maximum atomic E-state index is 11.1. The Balaban J connectivity index is 0.00000131. The van der Waals surface area contributed by atoms with Crippen molar-refractivity contribution in [2.75, 3.05) is 6.61 Å². The van der Waals surface area contributed by atoms with Crippen LogP contribution in [0.1, 0.15) is 95.0 Å². The minimum atomic E-state index is -0.314. The molecule has 0 bridgehead atoms. The van der Waals surface area contributed by atoms with E-state index in [2.05, 4.69) is 110 Å². The standard InChI is InChI=1S/C34H46O2.C3H6O/c1-8-11-25-12-14-27(15-13-25)30-20-19-29(23-31(30)35)34(9-2,10-3)28-18-16-26(24(4)22-28)17-21-32(36)33(5,6)7;1-2-3-4/h12-16,18-20,22-23,32,35-36H,8-11,17,21H2,1-7H3;2,4H,1,3H2. The SMILES string of the molecule is C=CCO.CCCc1ccc(-c2ccc(C(CC)(CC)c3ccc(CCC(O)C(C)(C)C)c(C)c3)cc2O)cc1. The number of benzene rings is 3. The lowest BCUT2D eigenvalue weighted by Gasteiger charge is -2.34. The fourth-order valence-electron chi connectivity index (χ4n) is 5.45. The van der Waals surface area contributed by atoms with Crippen LogP contribution in [0.4, 0.5) is 0 Å². The number of aromatic hydroxyl groups is 1. The lowest BCUT2D eigenvalue weighted by molar-refractivity contribution is 0.0560. The highest BCUT2D eigenvalue weighted by Gasteiger charge is 2.32. The van der Waals surface area contributed by atoms with Crippen LogP contribution in [-0.2, 0) is 18.3 Å². The van der Waals surface area contributed by atoms with E-state index in [1.807, 2.05) is 6.07 Å². The lowest BCUT2D eigenvalue weighted by atomic mass is 9.69. The molecule has 0 amide bonds. The fraction of sp³-hybridized carbons (Fsp3) is 0.459. The molecule has 0 heterocycles. The Morgan fingerprint density at radius 3 is 1.90 bits per heavy atom. The molecule has 0 fully saturated rings. The molecule has 3 aromatic carbocycles. The van der Waals surface area contributed by atoms with E-state index in [1.54, 1.807) is 0 Å². The van der Waals surface area contributed by atoms with Gasteiger partial charge in [0.15, 0.2) is 0 Å². The molecular formula is C37H52O3. The second kappa shape index (κ2) is 15.2. The van der Waals surface area contributed by atoms with E-state index in [1.165, 1.54) is 28.3 Å². The van der Waals surface area contributed by atoms with E-state index in [4.69, 9.17) is 5.11 Å². The number of rotatable bonds is 11. The number of phenolic OH excluding ortho intramolecular Hbond substituents is 1. The van der Waals surface area contributed by atoms with Crippen LogP contribution in [0.15, 0.2) is 73.3 Å². The zero-order valence-electron chi connectivity index (χ0n) is 25.9. The molecule has 0 spiro atoms. The van der Waals surface area contributed by atoms with Gasteiger partial charge < -0.3 is 15.3 Å². The maximum absolute atomic E-state index is 11.1. The van der Waals surface area contributed by atoms with Gasteiger partial charge in [-0.05, 0) is 83.9 Å². The number of phenols is 1. The Morgan fingerprint density at radius 2 is 1.43 bits per heavy atom. The molecule has 0 aliphatic rings. The van der Waals surface area contributed by atoms with Crippen LogP contribution in [0.25, 0.3) is 11.1 Å². The van der Waals surface area contributed by atoms with Crippen LogP contribution in [0.5, 0.6) is 5.75 Å². The quantitative estimate of drug-likeness (QED) is 0.211. The van der Waals surface area contributed by atoms with Gasteiger partial charge in [-0.2, -0.15) is 0 Å². The first kappa shape index (κ1) is 33.3. The van der Waals surface area contributed by atoms with Crippen molar-refractivity contribution in [2.45, 2.75) is 98.5 Å². The molecule has 0 saturated carbocycles. The highest BCUT2D eigenvalue weighted by molar-refractivity contribution is 5.71. The average Bonchev–Trinajstić information content (AvgIpc) is 2.94. The molecule has 3 heteroatoms. The molecule has 0 aliphatic carbocycles. The monoisotopic (exact) mass is 544 g/mol. The van der Waals surface area contributed by atoms with Crippen LogP contribution in [0, 0.1) is 12.3 Å². The summed E-state index contributed by atoms with van der Waals surface area (Å²) in [5, 5.41) is 29.3. The van der Waals surface area contributed by atoms with Crippen molar-refractivity contribution >= 4 is 0 Å². The number of aryl methyl sites for hydroxylation is 3. The van der Waals surface area contributed by atoms with E-state index >= 15 is 0 Å². The van der Waals surface area contributed by atoms with Crippen molar-refractivity contribution < 1.29 is 15.3 Å². The van der Waals surface area contributed by atoms with Gasteiger partial charge in [-0.15, -0.1) is 6.58 Å². The van der Waals surface area contributed by atoms with Gasteiger partial charge in [0.1, 0.15) is 5.75 Å². The Bertz CT molecular complexity index is 1200. The van der Waals surface area contributed by atoms with Crippen LogP contribution in [-0.4, -0.2) is 28.0 Å². The van der Waals surface area contributed by atoms with Crippen LogP contribution >= 0.6 is 0 Å². The highest BCUT2D eigenvalue weighted by Crippen LogP contribution is 2.42. The number of hydrogen-bond acceptors (Lipinski definition) is 3. The van der Waals surface area contributed by atoms with E-state index < -0.39 is 0 Å². The van der Waals surface area contributed by atoms with Gasteiger partial charge in [0.05, 0.1) is 12.7 Å². The lowest BCUT2D eigenvalue weighted by Crippen LogP contribution is -2.27. The van der Waals surface area contributed by atoms with E-state index in [9.17, 15) is 10.2 Å². The first-order valence-electron chi connectivity index (χ1n) is 14.9. The Labute approximate surface area is 243 Å². The summed E-state index contributed by atoms with van der Waals surface area (Å²) in [5.41, 5.74) is 8.03. The van der Waals surface area contributed by atoms with Crippen molar-refractivity contribution in [1.29, 1.82) is 0 Å². The van der Waals surface area contributed by atoms with Crippen molar-refractivity contribution in [3.8, 4) is 16.9 Å². The molecule has 0 aromatic heterocycles. The van der Waals surface area contributed by atoms with Gasteiger partial charge in [-0.3, -0.25) is 0 Å². The third-order valence-electron chi connectivity index (χ3n) is 8.27. The molecule has 3 aromatic rings. The van der Waals surface area contributed by atoms with Crippen molar-refractivity contribution in [1.82, 2.24) is 0 Å². The average molecular weight is 545 g/mol. The largest absolute Gasteiger partial charge is 0.507 e. The molecule has 218 valence electrons. The Hall–Kier alpha value is -2.88. The summed E-state index contributed by atoms with van der Waals surface area (Å²) in [6, 6.07) is 21.6. The number of hydrogen-bond donors (Lipinski definition) is 3. The van der Waals surface area contributed by atoms with Crippen LogP contribution in [0.3, 0.4) is 0 Å². The molecule has 3 N–H and O–H groups in total. The first-order valence-corrected chi connectivity index (χ1v) is 14.9. The summed E-state index contributed by atoms with van der Waals surface area (Å²) >= 11 is 0. The molecule has 40 heavy (non-hydrogen) atoms. The summed E-state index contributed by atoms with van der Waals surface area (Å²) < 4.78 is 0. The van der Waals surface area contributed by atoms with Crippen LogP contribution in [0.2, 0.25) is 0 Å². The summed E-state index contributed by atoms with van der Waals surface area (Å²) in [6.45, 7) is 18.4. The van der Waals surface area contributed by atoms with Crippen molar-refractivity contribution in [3.05, 3.63) is 101 Å². The van der Waals surface area contributed by atoms with Crippen molar-refractivity contribution in [3.63, 3.8) is 0 Å². The van der Waals surface area contributed by atoms with Gasteiger partial charge in [-0.1, -0.05) is 109 Å². The minimum Gasteiger partial charge on any atom is -0.507 e. The molecule has 3 nitrogen and oxygen atoms in total. The third kappa shape index (κ3) is 8.32. The minimum absolute atomic E-state index is 0.0833. The second-order valence-electron chi connectivity index (χ2n) is 12.0. The molecule has 0 aliphatic heterocycles. The highest BCUT2D eigenvalue weighted by atomic mass is 16.3. The molecule has 0 saturated heterocycles. The number of aliphatic hydroxyl groups excluding tert-OH is 2. The van der Waals surface area contributed by atoms with Gasteiger partial charge in [-0.25, -0.2) is 0 Å². The van der Waals surface area contributed by atoms with Crippen LogP contribution < -0.4 is 0 Å². The smallest absolute Gasteiger partial charge is 0.123 e. The fourth-order valence-corrected chi connectivity index (χ4v) is 5.45. The van der Waals surface area contributed by atoms with Gasteiger partial charge in [0, 0.05) is 11.0 Å². The molecule has 1 unspecified atom stereocenters. The zero-order valence-corrected chi connectivity index (χ0v) is 25.9. The maximum Gasteiger partial charge on any atom is 0.123 e. The Morgan fingerprint density at radius 1 is 0.850 bits per heavy atom. The van der Waals surface area contributed by atoms with E-state index in [-0.39, 0.29) is 23.5 Å². The normalized spacial score (nSPS) is 12.4. The second-order valence-corrected chi connectivity index (χ2v) is 12.0. The summed E-state index contributed by atoms with van der Waals surface area (Å²) in [7, 11) is 0. The zero-order chi connectivity index (χ0) is 29.9. The molecule has 3 rings (SSSR count). The number of aliphatic hydroxyl groups is 2. The summed E-state index contributed by atoms with van der Waals surface area (Å²) in [6.07, 6.45) is 6.88. The van der Waals surface area contributed by atoms with Gasteiger partial charge >= 0.3 is 0 Å². The molecule has 1 atom stereocenters. The van der Waals surface area contributed by atoms with Crippen molar-refractivity contribution in [2.24, 2.45) is 5.41 Å². The van der Waals surface area contributed by atoms with E-state index in [0.29, 0.717) is 5.75 Å².